The topological polar surface area (TPSA) is 104 Å². The number of aromatic nitrogens is 4. The van der Waals surface area contributed by atoms with Crippen LogP contribution < -0.4 is 10.6 Å². The molecular formula is C16H22ClF3N6O2. The summed E-state index contributed by atoms with van der Waals surface area (Å²) < 4.78 is 39.5. The van der Waals surface area contributed by atoms with Crippen LogP contribution in [0, 0.1) is 19.8 Å². The summed E-state index contributed by atoms with van der Waals surface area (Å²) in [6.45, 7) is 4.84. The van der Waals surface area contributed by atoms with E-state index in [0.717, 1.165) is 4.52 Å². The number of aliphatic hydroxyl groups excluding tert-OH is 1. The van der Waals surface area contributed by atoms with Crippen LogP contribution in [0.3, 0.4) is 0 Å². The number of carbonyl (C=O) groups excluding carboxylic acids is 1. The monoisotopic (exact) mass is 422 g/mol. The minimum absolute atomic E-state index is 0. The first kappa shape index (κ1) is 22.3. The zero-order valence-electron chi connectivity index (χ0n) is 15.4. The van der Waals surface area contributed by atoms with Crippen molar-refractivity contribution in [3.8, 4) is 0 Å². The molecule has 0 saturated carbocycles. The molecule has 1 amide bonds. The van der Waals surface area contributed by atoms with Gasteiger partial charge in [-0.15, -0.1) is 17.5 Å². The van der Waals surface area contributed by atoms with Crippen molar-refractivity contribution in [2.75, 3.05) is 19.6 Å². The zero-order valence-corrected chi connectivity index (χ0v) is 16.2. The van der Waals surface area contributed by atoms with Gasteiger partial charge in [0, 0.05) is 43.4 Å². The SMILES string of the molecule is Cc1nc2nc(C(F)(F)F)nn2c(C)c1CCC(=O)NCC1CNCC1O.Cl. The Morgan fingerprint density at radius 1 is 1.32 bits per heavy atom. The van der Waals surface area contributed by atoms with E-state index in [4.69, 9.17) is 0 Å². The average molecular weight is 423 g/mol. The third-order valence-electron chi connectivity index (χ3n) is 4.77. The number of fused-ring (bicyclic) bond motifs is 1. The third-order valence-corrected chi connectivity index (χ3v) is 4.77. The van der Waals surface area contributed by atoms with Gasteiger partial charge in [-0.05, 0) is 25.8 Å². The highest BCUT2D eigenvalue weighted by Gasteiger charge is 2.37. The van der Waals surface area contributed by atoms with Crippen LogP contribution in [0.5, 0.6) is 0 Å². The van der Waals surface area contributed by atoms with Crippen LogP contribution in [0.2, 0.25) is 0 Å². The number of aliphatic hydroxyl groups is 1. The van der Waals surface area contributed by atoms with Gasteiger partial charge in [-0.1, -0.05) is 0 Å². The van der Waals surface area contributed by atoms with Crippen molar-refractivity contribution >= 4 is 24.1 Å². The Bertz CT molecular complexity index is 857. The Morgan fingerprint density at radius 3 is 2.64 bits per heavy atom. The maximum Gasteiger partial charge on any atom is 0.453 e. The van der Waals surface area contributed by atoms with Gasteiger partial charge in [0.05, 0.1) is 6.10 Å². The maximum absolute atomic E-state index is 12.8. The molecule has 1 aliphatic heterocycles. The van der Waals surface area contributed by atoms with Crippen molar-refractivity contribution in [3.63, 3.8) is 0 Å². The highest BCUT2D eigenvalue weighted by atomic mass is 35.5. The summed E-state index contributed by atoms with van der Waals surface area (Å²) in [5.74, 6) is -1.57. The predicted octanol–water partition coefficient (Wildman–Crippen LogP) is 0.811. The second-order valence-electron chi connectivity index (χ2n) is 6.70. The van der Waals surface area contributed by atoms with Gasteiger partial charge in [0.25, 0.3) is 11.6 Å². The van der Waals surface area contributed by atoms with Gasteiger partial charge in [-0.25, -0.2) is 9.50 Å². The standard InChI is InChI=1S/C16H21F3N6O2.ClH/c1-8-11(3-4-13(27)21-6-10-5-20-7-12(10)26)9(2)25-15(22-8)23-14(24-25)16(17,18)19;/h10,12,20,26H,3-7H2,1-2H3,(H,21,27);1H. The van der Waals surface area contributed by atoms with E-state index in [1.807, 2.05) is 0 Å². The third kappa shape index (κ3) is 4.70. The van der Waals surface area contributed by atoms with Crippen molar-refractivity contribution < 1.29 is 23.1 Å². The van der Waals surface area contributed by atoms with E-state index in [1.165, 1.54) is 0 Å². The molecule has 2 aromatic heterocycles. The summed E-state index contributed by atoms with van der Waals surface area (Å²) in [4.78, 5) is 19.6. The largest absolute Gasteiger partial charge is 0.453 e. The van der Waals surface area contributed by atoms with Crippen LogP contribution in [0.1, 0.15) is 29.2 Å². The molecule has 1 saturated heterocycles. The van der Waals surface area contributed by atoms with Crippen molar-refractivity contribution in [2.45, 2.75) is 39.0 Å². The van der Waals surface area contributed by atoms with Crippen LogP contribution in [-0.2, 0) is 17.4 Å². The summed E-state index contributed by atoms with van der Waals surface area (Å²) in [6, 6.07) is 0. The molecule has 12 heteroatoms. The predicted molar refractivity (Wildman–Crippen MR) is 96.2 cm³/mol. The number of nitrogens with one attached hydrogen (secondary N) is 2. The van der Waals surface area contributed by atoms with Gasteiger partial charge in [-0.2, -0.15) is 18.2 Å². The van der Waals surface area contributed by atoms with Gasteiger partial charge in [0.15, 0.2) is 0 Å². The van der Waals surface area contributed by atoms with Crippen LogP contribution >= 0.6 is 12.4 Å². The number of alkyl halides is 3. The molecule has 0 spiro atoms. The molecule has 1 fully saturated rings. The lowest BCUT2D eigenvalue weighted by Gasteiger charge is -2.14. The normalized spacial score (nSPS) is 19.6. The number of hydrogen-bond acceptors (Lipinski definition) is 6. The molecule has 0 aromatic carbocycles. The molecule has 2 atom stereocenters. The number of rotatable bonds is 5. The van der Waals surface area contributed by atoms with E-state index >= 15 is 0 Å². The van der Waals surface area contributed by atoms with E-state index in [2.05, 4.69) is 25.7 Å². The minimum atomic E-state index is -4.65. The molecule has 0 aliphatic carbocycles. The first-order valence-electron chi connectivity index (χ1n) is 8.62. The molecular weight excluding hydrogens is 401 g/mol. The first-order chi connectivity index (χ1) is 12.7. The van der Waals surface area contributed by atoms with Crippen LogP contribution in [-0.4, -0.2) is 56.3 Å². The second-order valence-corrected chi connectivity index (χ2v) is 6.70. The number of halogens is 4. The highest BCUT2D eigenvalue weighted by Crippen LogP contribution is 2.27. The van der Waals surface area contributed by atoms with Gasteiger partial charge < -0.3 is 15.7 Å². The van der Waals surface area contributed by atoms with E-state index in [0.29, 0.717) is 43.0 Å². The minimum Gasteiger partial charge on any atom is -0.391 e. The Labute approximate surface area is 165 Å². The molecule has 0 radical (unpaired) electrons. The van der Waals surface area contributed by atoms with Crippen molar-refractivity contribution in [2.24, 2.45) is 5.92 Å². The van der Waals surface area contributed by atoms with Crippen LogP contribution in [0.15, 0.2) is 0 Å². The summed E-state index contributed by atoms with van der Waals surface area (Å²) in [7, 11) is 0. The number of hydrogen-bond donors (Lipinski definition) is 3. The van der Waals surface area contributed by atoms with Crippen molar-refractivity contribution in [3.05, 3.63) is 22.8 Å². The molecule has 1 aliphatic rings. The van der Waals surface area contributed by atoms with Gasteiger partial charge in [0.2, 0.25) is 5.91 Å². The molecule has 156 valence electrons. The fourth-order valence-corrected chi connectivity index (χ4v) is 3.19. The van der Waals surface area contributed by atoms with Crippen LogP contribution in [0.4, 0.5) is 13.2 Å². The van der Waals surface area contributed by atoms with Gasteiger partial charge in [-0.3, -0.25) is 4.79 Å². The van der Waals surface area contributed by atoms with Gasteiger partial charge >= 0.3 is 6.18 Å². The summed E-state index contributed by atoms with van der Waals surface area (Å²) in [5.41, 5.74) is 1.66. The Morgan fingerprint density at radius 2 is 2.04 bits per heavy atom. The molecule has 2 unspecified atom stereocenters. The van der Waals surface area contributed by atoms with E-state index in [9.17, 15) is 23.1 Å². The van der Waals surface area contributed by atoms with E-state index in [-0.39, 0.29) is 36.4 Å². The second kappa shape index (κ2) is 8.58. The van der Waals surface area contributed by atoms with E-state index < -0.39 is 18.1 Å². The molecule has 28 heavy (non-hydrogen) atoms. The summed E-state index contributed by atoms with van der Waals surface area (Å²) in [5, 5.41) is 19.0. The van der Waals surface area contributed by atoms with Crippen molar-refractivity contribution in [1.29, 1.82) is 0 Å². The number of amides is 1. The molecule has 2 aromatic rings. The first-order valence-corrected chi connectivity index (χ1v) is 8.62. The quantitative estimate of drug-likeness (QED) is 0.658. The zero-order chi connectivity index (χ0) is 19.8. The van der Waals surface area contributed by atoms with Crippen LogP contribution in [0.25, 0.3) is 5.78 Å². The highest BCUT2D eigenvalue weighted by molar-refractivity contribution is 5.85. The average Bonchev–Trinajstić information content (AvgIpc) is 3.18. The van der Waals surface area contributed by atoms with Gasteiger partial charge in [0.1, 0.15) is 0 Å². The molecule has 3 N–H and O–H groups in total. The molecule has 3 rings (SSSR count). The fourth-order valence-electron chi connectivity index (χ4n) is 3.19. The number of β-amino-alcohol motifs (C(OH)–C–C–N with tert-alkyl or cyclic N) is 1. The smallest absolute Gasteiger partial charge is 0.391 e. The lowest BCUT2D eigenvalue weighted by Crippen LogP contribution is -2.34. The van der Waals surface area contributed by atoms with E-state index in [1.54, 1.807) is 13.8 Å². The maximum atomic E-state index is 12.8. The lowest BCUT2D eigenvalue weighted by molar-refractivity contribution is -0.144. The number of nitrogens with zero attached hydrogens (tertiary/aromatic N) is 4. The number of aryl methyl sites for hydroxylation is 2. The summed E-state index contributed by atoms with van der Waals surface area (Å²) >= 11 is 0. The molecule has 0 bridgehead atoms. The lowest BCUT2D eigenvalue weighted by atomic mass is 10.1. The Hall–Kier alpha value is -1.98. The van der Waals surface area contributed by atoms with Crippen molar-refractivity contribution in [1.82, 2.24) is 30.2 Å². The Balaban J connectivity index is 0.00000280. The number of carbonyl (C=O) groups is 1. The Kier molecular flexibility index (Phi) is 6.84. The molecule has 3 heterocycles. The fraction of sp³-hybridized carbons (Fsp3) is 0.625. The summed E-state index contributed by atoms with van der Waals surface area (Å²) in [6.07, 6.45) is -4.64. The molecule has 8 nitrogen and oxygen atoms in total.